The second kappa shape index (κ2) is 4.30. The highest BCUT2D eigenvalue weighted by Crippen LogP contribution is 2.47. The maximum absolute atomic E-state index is 12.9. The van der Waals surface area contributed by atoms with Gasteiger partial charge < -0.3 is 0 Å². The standard InChI is InChI=1S/C6H3ClF6N4O/c7-6(12,13)5(10,11)4(8,9)3(18)16-17-1-14-15-2-17/h1-2H,(H,16,18). The number of hydrogen-bond acceptors (Lipinski definition) is 3. The zero-order valence-corrected chi connectivity index (χ0v) is 8.81. The second-order valence-electron chi connectivity index (χ2n) is 2.96. The topological polar surface area (TPSA) is 59.8 Å². The Morgan fingerprint density at radius 3 is 1.94 bits per heavy atom. The smallest absolute Gasteiger partial charge is 0.266 e. The molecule has 0 aliphatic heterocycles. The van der Waals surface area contributed by atoms with Crippen molar-refractivity contribution in [3.8, 4) is 0 Å². The molecule has 0 spiro atoms. The summed E-state index contributed by atoms with van der Waals surface area (Å²) in [6, 6.07) is 0. The predicted octanol–water partition coefficient (Wildman–Crippen LogP) is 1.45. The van der Waals surface area contributed by atoms with Gasteiger partial charge in [-0.3, -0.25) is 10.2 Å². The van der Waals surface area contributed by atoms with Crippen LogP contribution in [0.25, 0.3) is 0 Å². The van der Waals surface area contributed by atoms with E-state index in [1.165, 1.54) is 5.43 Å². The van der Waals surface area contributed by atoms with E-state index < -0.39 is 23.1 Å². The summed E-state index contributed by atoms with van der Waals surface area (Å²) in [6.45, 7) is 0. The van der Waals surface area contributed by atoms with Crippen molar-refractivity contribution in [1.29, 1.82) is 0 Å². The maximum Gasteiger partial charge on any atom is 0.395 e. The van der Waals surface area contributed by atoms with Crippen molar-refractivity contribution < 1.29 is 31.1 Å². The molecule has 0 aliphatic carbocycles. The average molecular weight is 297 g/mol. The van der Waals surface area contributed by atoms with Gasteiger partial charge in [-0.05, 0) is 11.6 Å². The fourth-order valence-corrected chi connectivity index (χ4v) is 0.885. The summed E-state index contributed by atoms with van der Waals surface area (Å²) in [6.07, 6.45) is 1.34. The number of alkyl halides is 7. The van der Waals surface area contributed by atoms with Crippen LogP contribution >= 0.6 is 11.6 Å². The minimum absolute atomic E-state index is 0.374. The third-order valence-electron chi connectivity index (χ3n) is 1.68. The van der Waals surface area contributed by atoms with Gasteiger partial charge in [0.15, 0.2) is 0 Å². The Bertz CT molecular complexity index is 430. The molecule has 0 aliphatic rings. The van der Waals surface area contributed by atoms with Gasteiger partial charge in [-0.1, -0.05) is 0 Å². The lowest BCUT2D eigenvalue weighted by Gasteiger charge is -2.27. The van der Waals surface area contributed by atoms with Crippen LogP contribution in [-0.4, -0.2) is 38.0 Å². The number of carbonyl (C=O) groups excluding carboxylic acids is 1. The van der Waals surface area contributed by atoms with E-state index in [4.69, 9.17) is 0 Å². The number of amides is 1. The Balaban J connectivity index is 2.96. The monoisotopic (exact) mass is 296 g/mol. The lowest BCUT2D eigenvalue weighted by molar-refractivity contribution is -0.267. The molecule has 0 atom stereocenters. The highest BCUT2D eigenvalue weighted by Gasteiger charge is 2.74. The number of hydrogen-bond donors (Lipinski definition) is 1. The number of rotatable bonds is 4. The molecule has 18 heavy (non-hydrogen) atoms. The van der Waals surface area contributed by atoms with E-state index in [1.807, 2.05) is 0 Å². The van der Waals surface area contributed by atoms with Gasteiger partial charge >= 0.3 is 23.1 Å². The normalized spacial score (nSPS) is 13.5. The van der Waals surface area contributed by atoms with Crippen molar-refractivity contribution >= 4 is 17.5 Å². The molecular weight excluding hydrogens is 294 g/mol. The summed E-state index contributed by atoms with van der Waals surface area (Å²) in [4.78, 5) is 10.8. The summed E-state index contributed by atoms with van der Waals surface area (Å²) in [7, 11) is 0. The zero-order valence-electron chi connectivity index (χ0n) is 8.05. The summed E-state index contributed by atoms with van der Waals surface area (Å²) in [5.74, 6) is -14.5. The molecule has 1 aromatic rings. The third kappa shape index (κ3) is 2.35. The average Bonchev–Trinajstić information content (AvgIpc) is 2.68. The Labute approximate surface area is 99.7 Å². The quantitative estimate of drug-likeness (QED) is 0.676. The highest BCUT2D eigenvalue weighted by atomic mass is 35.5. The number of halogens is 7. The molecule has 0 saturated carbocycles. The van der Waals surface area contributed by atoms with Crippen molar-refractivity contribution in [3.63, 3.8) is 0 Å². The molecule has 1 heterocycles. The first kappa shape index (κ1) is 14.5. The van der Waals surface area contributed by atoms with Crippen LogP contribution in [0, 0.1) is 0 Å². The van der Waals surface area contributed by atoms with Crippen molar-refractivity contribution in [2.45, 2.75) is 17.2 Å². The molecule has 0 unspecified atom stereocenters. The van der Waals surface area contributed by atoms with Crippen LogP contribution in [0.15, 0.2) is 12.7 Å². The number of nitrogens with one attached hydrogen (secondary N) is 1. The van der Waals surface area contributed by atoms with Crippen LogP contribution < -0.4 is 5.43 Å². The second-order valence-corrected chi connectivity index (χ2v) is 3.43. The Morgan fingerprint density at radius 2 is 1.56 bits per heavy atom. The van der Waals surface area contributed by atoms with Gasteiger partial charge in [0.1, 0.15) is 12.7 Å². The summed E-state index contributed by atoms with van der Waals surface area (Å²) in [5.41, 5.74) is 1.17. The van der Waals surface area contributed by atoms with Gasteiger partial charge in [0.2, 0.25) is 0 Å². The summed E-state index contributed by atoms with van der Waals surface area (Å²) >= 11 is 3.86. The van der Waals surface area contributed by atoms with E-state index in [0.29, 0.717) is 17.3 Å². The Morgan fingerprint density at radius 1 is 1.11 bits per heavy atom. The molecule has 0 fully saturated rings. The first-order chi connectivity index (χ1) is 8.00. The van der Waals surface area contributed by atoms with Crippen LogP contribution in [0.4, 0.5) is 26.3 Å². The van der Waals surface area contributed by atoms with Gasteiger partial charge in [0.05, 0.1) is 0 Å². The molecule has 0 bridgehead atoms. The molecular formula is C6H3ClF6N4O. The molecule has 1 aromatic heterocycles. The zero-order chi connectivity index (χ0) is 14.2. The van der Waals surface area contributed by atoms with Crippen molar-refractivity contribution in [3.05, 3.63) is 12.7 Å². The SMILES string of the molecule is O=C(Nn1cnnc1)C(F)(F)C(F)(F)C(F)(F)Cl. The van der Waals surface area contributed by atoms with Gasteiger partial charge in [0, 0.05) is 0 Å². The fourth-order valence-electron chi connectivity index (χ4n) is 0.767. The lowest BCUT2D eigenvalue weighted by Crippen LogP contribution is -2.58. The predicted molar refractivity (Wildman–Crippen MR) is 45.1 cm³/mol. The molecule has 1 N–H and O–H groups in total. The van der Waals surface area contributed by atoms with E-state index in [-0.39, 0.29) is 0 Å². The van der Waals surface area contributed by atoms with Crippen molar-refractivity contribution in [2.24, 2.45) is 0 Å². The number of aromatic nitrogens is 3. The minimum Gasteiger partial charge on any atom is -0.266 e. The van der Waals surface area contributed by atoms with Crippen molar-refractivity contribution in [2.75, 3.05) is 5.43 Å². The molecule has 102 valence electrons. The van der Waals surface area contributed by atoms with E-state index in [9.17, 15) is 31.1 Å². The Hall–Kier alpha value is -1.52. The minimum atomic E-state index is -6.07. The maximum atomic E-state index is 12.9. The summed E-state index contributed by atoms with van der Waals surface area (Å²) < 4.78 is 75.8. The van der Waals surface area contributed by atoms with Gasteiger partial charge in [-0.25, -0.2) is 4.68 Å². The molecule has 1 rings (SSSR count). The largest absolute Gasteiger partial charge is 0.395 e. The van der Waals surface area contributed by atoms with E-state index >= 15 is 0 Å². The van der Waals surface area contributed by atoms with Crippen LogP contribution in [0.1, 0.15) is 0 Å². The lowest BCUT2D eigenvalue weighted by atomic mass is 10.1. The first-order valence-electron chi connectivity index (χ1n) is 3.98. The molecule has 0 saturated heterocycles. The number of nitrogens with zero attached hydrogens (tertiary/aromatic N) is 3. The van der Waals surface area contributed by atoms with E-state index in [0.717, 1.165) is 0 Å². The van der Waals surface area contributed by atoms with E-state index in [1.54, 1.807) is 0 Å². The fraction of sp³-hybridized carbons (Fsp3) is 0.500. The summed E-state index contributed by atoms with van der Waals surface area (Å²) in [5, 5.41) is 0.524. The molecule has 0 radical (unpaired) electrons. The van der Waals surface area contributed by atoms with Crippen LogP contribution in [0.3, 0.4) is 0 Å². The molecule has 5 nitrogen and oxygen atoms in total. The van der Waals surface area contributed by atoms with Crippen molar-refractivity contribution in [1.82, 2.24) is 14.9 Å². The van der Waals surface area contributed by atoms with Gasteiger partial charge in [0.25, 0.3) is 0 Å². The molecule has 0 aromatic carbocycles. The first-order valence-corrected chi connectivity index (χ1v) is 4.36. The molecule has 12 heteroatoms. The highest BCUT2D eigenvalue weighted by molar-refractivity contribution is 6.22. The third-order valence-corrected chi connectivity index (χ3v) is 1.92. The Kier molecular flexibility index (Phi) is 3.47. The van der Waals surface area contributed by atoms with Crippen LogP contribution in [0.2, 0.25) is 0 Å². The van der Waals surface area contributed by atoms with Gasteiger partial charge in [-0.2, -0.15) is 26.3 Å². The van der Waals surface area contributed by atoms with E-state index in [2.05, 4.69) is 21.8 Å². The number of carbonyl (C=O) groups is 1. The van der Waals surface area contributed by atoms with Gasteiger partial charge in [-0.15, -0.1) is 10.2 Å². The van der Waals surface area contributed by atoms with Crippen LogP contribution in [-0.2, 0) is 4.79 Å². The molecule has 1 amide bonds. The van der Waals surface area contributed by atoms with Crippen LogP contribution in [0.5, 0.6) is 0 Å².